The lowest BCUT2D eigenvalue weighted by Gasteiger charge is -2.16. The Kier molecular flexibility index (Phi) is 9.75. The van der Waals surface area contributed by atoms with E-state index in [0.29, 0.717) is 18.4 Å². The Bertz CT molecular complexity index is 517. The number of amides is 1. The summed E-state index contributed by atoms with van der Waals surface area (Å²) in [5, 5.41) is 9.60. The molecule has 0 aliphatic heterocycles. The molecule has 0 spiro atoms. The Hall–Kier alpha value is -1.31. The van der Waals surface area contributed by atoms with Crippen LogP contribution in [0.1, 0.15) is 44.1 Å². The van der Waals surface area contributed by atoms with Gasteiger partial charge in [0.15, 0.2) is 5.96 Å². The second-order valence-corrected chi connectivity index (χ2v) is 6.14. The number of halogens is 1. The Balaban J connectivity index is 0.00000288. The molecule has 1 saturated carbocycles. The van der Waals surface area contributed by atoms with Gasteiger partial charge in [-0.3, -0.25) is 9.79 Å². The van der Waals surface area contributed by atoms with E-state index in [4.69, 9.17) is 0 Å². The first-order valence-electron chi connectivity index (χ1n) is 8.48. The van der Waals surface area contributed by atoms with Crippen molar-refractivity contribution in [2.75, 3.05) is 20.1 Å². The minimum absolute atomic E-state index is 0. The normalized spacial score (nSPS) is 15.2. The summed E-state index contributed by atoms with van der Waals surface area (Å²) in [6, 6.07) is 10.9. The SMILES string of the molecule is CN=C(NCCCC(=O)NC1CC1)NCC(C)c1ccccc1.I. The lowest BCUT2D eigenvalue weighted by atomic mass is 10.0. The molecule has 24 heavy (non-hydrogen) atoms. The predicted octanol–water partition coefficient (Wildman–Crippen LogP) is 2.63. The van der Waals surface area contributed by atoms with Crippen molar-refractivity contribution < 1.29 is 4.79 Å². The summed E-state index contributed by atoms with van der Waals surface area (Å²) in [5.74, 6) is 1.37. The zero-order valence-electron chi connectivity index (χ0n) is 14.5. The second-order valence-electron chi connectivity index (χ2n) is 6.14. The highest BCUT2D eigenvalue weighted by Crippen LogP contribution is 2.18. The Labute approximate surface area is 162 Å². The van der Waals surface area contributed by atoms with Crippen molar-refractivity contribution in [3.8, 4) is 0 Å². The summed E-state index contributed by atoms with van der Waals surface area (Å²) in [4.78, 5) is 15.8. The third kappa shape index (κ3) is 7.99. The van der Waals surface area contributed by atoms with Gasteiger partial charge >= 0.3 is 0 Å². The third-order valence-electron chi connectivity index (χ3n) is 3.98. The molecular weight excluding hydrogens is 415 g/mol. The topological polar surface area (TPSA) is 65.5 Å². The summed E-state index contributed by atoms with van der Waals surface area (Å²) in [6.07, 6.45) is 3.66. The summed E-state index contributed by atoms with van der Waals surface area (Å²) in [5.41, 5.74) is 1.31. The summed E-state index contributed by atoms with van der Waals surface area (Å²) >= 11 is 0. The van der Waals surface area contributed by atoms with Crippen LogP contribution in [0.15, 0.2) is 35.3 Å². The van der Waals surface area contributed by atoms with Crippen LogP contribution in [0.4, 0.5) is 0 Å². The van der Waals surface area contributed by atoms with Crippen LogP contribution in [0.5, 0.6) is 0 Å². The molecular formula is C18H29IN4O. The van der Waals surface area contributed by atoms with E-state index in [9.17, 15) is 4.79 Å². The fourth-order valence-electron chi connectivity index (χ4n) is 2.35. The molecule has 0 bridgehead atoms. The molecule has 134 valence electrons. The molecule has 1 aliphatic rings. The highest BCUT2D eigenvalue weighted by molar-refractivity contribution is 14.0. The molecule has 1 fully saturated rings. The first kappa shape index (κ1) is 20.7. The Morgan fingerprint density at radius 3 is 2.58 bits per heavy atom. The third-order valence-corrected chi connectivity index (χ3v) is 3.98. The molecule has 5 nitrogen and oxygen atoms in total. The van der Waals surface area contributed by atoms with Gasteiger partial charge in [-0.25, -0.2) is 0 Å². The molecule has 1 unspecified atom stereocenters. The molecule has 0 saturated heterocycles. The van der Waals surface area contributed by atoms with Crippen LogP contribution in [0.3, 0.4) is 0 Å². The van der Waals surface area contributed by atoms with Crippen LogP contribution in [-0.4, -0.2) is 38.0 Å². The van der Waals surface area contributed by atoms with E-state index in [-0.39, 0.29) is 29.9 Å². The van der Waals surface area contributed by atoms with Crippen LogP contribution in [-0.2, 0) is 4.79 Å². The number of aliphatic imine (C=N–C) groups is 1. The summed E-state index contributed by atoms with van der Waals surface area (Å²) < 4.78 is 0. The number of carbonyl (C=O) groups excluding carboxylic acids is 1. The minimum Gasteiger partial charge on any atom is -0.356 e. The van der Waals surface area contributed by atoms with Crippen molar-refractivity contribution in [3.63, 3.8) is 0 Å². The fourth-order valence-corrected chi connectivity index (χ4v) is 2.35. The van der Waals surface area contributed by atoms with Crippen LogP contribution in [0.2, 0.25) is 0 Å². The largest absolute Gasteiger partial charge is 0.356 e. The van der Waals surface area contributed by atoms with Crippen molar-refractivity contribution >= 4 is 35.8 Å². The van der Waals surface area contributed by atoms with Crippen LogP contribution in [0, 0.1) is 0 Å². The van der Waals surface area contributed by atoms with Crippen LogP contribution >= 0.6 is 24.0 Å². The van der Waals surface area contributed by atoms with Gasteiger partial charge in [-0.05, 0) is 30.7 Å². The zero-order valence-corrected chi connectivity index (χ0v) is 16.9. The van der Waals surface area contributed by atoms with Gasteiger partial charge in [0.05, 0.1) is 0 Å². The molecule has 0 heterocycles. The van der Waals surface area contributed by atoms with Crippen molar-refractivity contribution in [2.24, 2.45) is 4.99 Å². The zero-order chi connectivity index (χ0) is 16.5. The van der Waals surface area contributed by atoms with Gasteiger partial charge in [0.1, 0.15) is 0 Å². The minimum atomic E-state index is 0. The molecule has 6 heteroatoms. The van der Waals surface area contributed by atoms with E-state index >= 15 is 0 Å². The van der Waals surface area contributed by atoms with Gasteiger partial charge in [0.25, 0.3) is 0 Å². The number of benzene rings is 1. The molecule has 1 aliphatic carbocycles. The number of guanidine groups is 1. The molecule has 1 aromatic rings. The van der Waals surface area contributed by atoms with Gasteiger partial charge < -0.3 is 16.0 Å². The lowest BCUT2D eigenvalue weighted by Crippen LogP contribution is -2.39. The number of hydrogen-bond acceptors (Lipinski definition) is 2. The van der Waals surface area contributed by atoms with Gasteiger partial charge in [-0.1, -0.05) is 37.3 Å². The van der Waals surface area contributed by atoms with E-state index in [0.717, 1.165) is 38.3 Å². The summed E-state index contributed by atoms with van der Waals surface area (Å²) in [7, 11) is 1.77. The summed E-state index contributed by atoms with van der Waals surface area (Å²) in [6.45, 7) is 3.77. The smallest absolute Gasteiger partial charge is 0.220 e. The molecule has 1 amide bonds. The predicted molar refractivity (Wildman–Crippen MR) is 110 cm³/mol. The second kappa shape index (κ2) is 11.3. The number of nitrogens with one attached hydrogen (secondary N) is 3. The number of rotatable bonds is 8. The fraction of sp³-hybridized carbons (Fsp3) is 0.556. The quantitative estimate of drug-likeness (QED) is 0.250. The van der Waals surface area contributed by atoms with Gasteiger partial charge in [0, 0.05) is 32.6 Å². The maximum absolute atomic E-state index is 11.6. The van der Waals surface area contributed by atoms with E-state index in [1.165, 1.54) is 5.56 Å². The van der Waals surface area contributed by atoms with Gasteiger partial charge in [0.2, 0.25) is 5.91 Å². The van der Waals surface area contributed by atoms with Crippen molar-refractivity contribution in [3.05, 3.63) is 35.9 Å². The number of nitrogens with zero attached hydrogens (tertiary/aromatic N) is 1. The molecule has 0 aromatic heterocycles. The molecule has 1 aromatic carbocycles. The van der Waals surface area contributed by atoms with Crippen molar-refractivity contribution in [1.82, 2.24) is 16.0 Å². The van der Waals surface area contributed by atoms with E-state index in [1.54, 1.807) is 7.05 Å². The molecule has 1 atom stereocenters. The Morgan fingerprint density at radius 2 is 1.96 bits per heavy atom. The standard InChI is InChI=1S/C18H28N4O.HI/c1-14(15-7-4-3-5-8-15)13-21-18(19-2)20-12-6-9-17(23)22-16-10-11-16;/h3-5,7-8,14,16H,6,9-13H2,1-2H3,(H,22,23)(H2,19,20,21);1H. The average molecular weight is 444 g/mol. The van der Waals surface area contributed by atoms with Crippen LogP contribution in [0.25, 0.3) is 0 Å². The number of hydrogen-bond donors (Lipinski definition) is 3. The first-order chi connectivity index (χ1) is 11.2. The Morgan fingerprint density at radius 1 is 1.25 bits per heavy atom. The van der Waals surface area contributed by atoms with Gasteiger partial charge in [-0.2, -0.15) is 0 Å². The highest BCUT2D eigenvalue weighted by Gasteiger charge is 2.22. The van der Waals surface area contributed by atoms with E-state index < -0.39 is 0 Å². The molecule has 2 rings (SSSR count). The van der Waals surface area contributed by atoms with E-state index in [1.807, 2.05) is 6.07 Å². The molecule has 3 N–H and O–H groups in total. The van der Waals surface area contributed by atoms with Gasteiger partial charge in [-0.15, -0.1) is 24.0 Å². The maximum Gasteiger partial charge on any atom is 0.220 e. The maximum atomic E-state index is 11.6. The first-order valence-corrected chi connectivity index (χ1v) is 8.48. The van der Waals surface area contributed by atoms with Crippen molar-refractivity contribution in [1.29, 1.82) is 0 Å². The van der Waals surface area contributed by atoms with Crippen molar-refractivity contribution in [2.45, 2.75) is 44.6 Å². The van der Waals surface area contributed by atoms with E-state index in [2.05, 4.69) is 52.1 Å². The monoisotopic (exact) mass is 444 g/mol. The number of carbonyl (C=O) groups is 1. The lowest BCUT2D eigenvalue weighted by molar-refractivity contribution is -0.121. The van der Waals surface area contributed by atoms with Crippen LogP contribution < -0.4 is 16.0 Å². The highest BCUT2D eigenvalue weighted by atomic mass is 127. The average Bonchev–Trinajstić information content (AvgIpc) is 3.38. The molecule has 0 radical (unpaired) electrons.